The zero-order valence-electron chi connectivity index (χ0n) is 10.0. The molecule has 1 fully saturated rings. The molecule has 90 valence electrons. The third-order valence-corrected chi connectivity index (χ3v) is 2.79. The van der Waals surface area contributed by atoms with E-state index in [-0.39, 0.29) is 6.10 Å². The topological polar surface area (TPSA) is 42.3 Å². The van der Waals surface area contributed by atoms with Gasteiger partial charge in [-0.25, -0.2) is 4.98 Å². The molecule has 2 rings (SSSR count). The Morgan fingerprint density at radius 3 is 3.19 bits per heavy atom. The second-order valence-electron chi connectivity index (χ2n) is 4.38. The van der Waals surface area contributed by atoms with Gasteiger partial charge in [-0.2, -0.15) is 0 Å². The molecule has 1 aromatic rings. The molecule has 0 aliphatic carbocycles. The first kappa shape index (κ1) is 11.6. The molecule has 0 bridgehead atoms. The standard InChI is InChI=1S/C11H20N4O/c1-14(2)4-5-15-9-13-7-10(15)11-8-12-3-6-16-11/h7,9,11-12H,3-6,8H2,1-2H3. The van der Waals surface area contributed by atoms with Crippen molar-refractivity contribution < 1.29 is 4.74 Å². The normalized spacial score (nSPS) is 21.6. The molecule has 1 aliphatic heterocycles. The highest BCUT2D eigenvalue weighted by molar-refractivity contribution is 5.04. The summed E-state index contributed by atoms with van der Waals surface area (Å²) in [4.78, 5) is 6.38. The molecule has 1 aromatic heterocycles. The van der Waals surface area contributed by atoms with Crippen LogP contribution in [0.2, 0.25) is 0 Å². The van der Waals surface area contributed by atoms with Crippen molar-refractivity contribution in [3.8, 4) is 0 Å². The molecule has 1 aliphatic rings. The Bertz CT molecular complexity index is 318. The lowest BCUT2D eigenvalue weighted by Crippen LogP contribution is -2.34. The van der Waals surface area contributed by atoms with Crippen LogP contribution < -0.4 is 5.32 Å². The minimum absolute atomic E-state index is 0.151. The number of likely N-dealkylation sites (N-methyl/N-ethyl adjacent to an activating group) is 1. The molecule has 16 heavy (non-hydrogen) atoms. The number of hydrogen-bond donors (Lipinski definition) is 1. The molecule has 0 radical (unpaired) electrons. The number of hydrogen-bond acceptors (Lipinski definition) is 4. The molecule has 0 amide bonds. The highest BCUT2D eigenvalue weighted by Crippen LogP contribution is 2.18. The van der Waals surface area contributed by atoms with Crippen molar-refractivity contribution in [3.05, 3.63) is 18.2 Å². The summed E-state index contributed by atoms with van der Waals surface area (Å²) in [7, 11) is 4.16. The Labute approximate surface area is 96.4 Å². The molecule has 1 unspecified atom stereocenters. The van der Waals surface area contributed by atoms with Gasteiger partial charge in [0.05, 0.1) is 24.8 Å². The monoisotopic (exact) mass is 224 g/mol. The molecule has 0 saturated carbocycles. The quantitative estimate of drug-likeness (QED) is 0.788. The van der Waals surface area contributed by atoms with E-state index < -0.39 is 0 Å². The molecule has 5 heteroatoms. The first-order valence-electron chi connectivity index (χ1n) is 5.74. The van der Waals surface area contributed by atoms with Crippen LogP contribution in [-0.4, -0.2) is 54.8 Å². The molecule has 1 atom stereocenters. The van der Waals surface area contributed by atoms with Crippen molar-refractivity contribution in [3.63, 3.8) is 0 Å². The van der Waals surface area contributed by atoms with Crippen LogP contribution in [0.5, 0.6) is 0 Å². The van der Waals surface area contributed by atoms with E-state index in [1.807, 2.05) is 12.5 Å². The highest BCUT2D eigenvalue weighted by Gasteiger charge is 2.19. The Hall–Kier alpha value is -0.910. The second-order valence-corrected chi connectivity index (χ2v) is 4.38. The van der Waals surface area contributed by atoms with Gasteiger partial charge in [0.1, 0.15) is 6.10 Å². The number of aromatic nitrogens is 2. The van der Waals surface area contributed by atoms with E-state index in [4.69, 9.17) is 4.74 Å². The third-order valence-electron chi connectivity index (χ3n) is 2.79. The average Bonchev–Trinajstić information content (AvgIpc) is 2.75. The summed E-state index contributed by atoms with van der Waals surface area (Å²) >= 11 is 0. The predicted molar refractivity (Wildman–Crippen MR) is 62.3 cm³/mol. The molecule has 0 aromatic carbocycles. The van der Waals surface area contributed by atoms with Gasteiger partial charge in [-0.05, 0) is 14.1 Å². The zero-order valence-corrected chi connectivity index (χ0v) is 10.0. The average molecular weight is 224 g/mol. The largest absolute Gasteiger partial charge is 0.369 e. The predicted octanol–water partition coefficient (Wildman–Crippen LogP) is 0.106. The molecule has 0 spiro atoms. The summed E-state index contributed by atoms with van der Waals surface area (Å²) in [5, 5.41) is 3.34. The van der Waals surface area contributed by atoms with E-state index >= 15 is 0 Å². The SMILES string of the molecule is CN(C)CCn1cncc1C1CNCCO1. The van der Waals surface area contributed by atoms with Gasteiger partial charge in [-0.1, -0.05) is 0 Å². The van der Waals surface area contributed by atoms with E-state index in [1.165, 1.54) is 5.69 Å². The zero-order chi connectivity index (χ0) is 11.4. The van der Waals surface area contributed by atoms with Crippen molar-refractivity contribution in [1.82, 2.24) is 19.8 Å². The van der Waals surface area contributed by atoms with E-state index in [2.05, 4.69) is 33.9 Å². The van der Waals surface area contributed by atoms with Crippen LogP contribution in [0.1, 0.15) is 11.8 Å². The fourth-order valence-corrected chi connectivity index (χ4v) is 1.85. The highest BCUT2D eigenvalue weighted by atomic mass is 16.5. The van der Waals surface area contributed by atoms with Gasteiger partial charge in [0.25, 0.3) is 0 Å². The van der Waals surface area contributed by atoms with Gasteiger partial charge < -0.3 is 19.5 Å². The van der Waals surface area contributed by atoms with E-state index in [1.54, 1.807) is 0 Å². The van der Waals surface area contributed by atoms with Gasteiger partial charge in [0.15, 0.2) is 0 Å². The van der Waals surface area contributed by atoms with Crippen molar-refractivity contribution in [2.24, 2.45) is 0 Å². The maximum absolute atomic E-state index is 5.73. The molecular weight excluding hydrogens is 204 g/mol. The Morgan fingerprint density at radius 2 is 2.50 bits per heavy atom. The van der Waals surface area contributed by atoms with Crippen molar-refractivity contribution in [2.75, 3.05) is 40.3 Å². The van der Waals surface area contributed by atoms with Crippen molar-refractivity contribution >= 4 is 0 Å². The lowest BCUT2D eigenvalue weighted by Gasteiger charge is -2.24. The molecular formula is C11H20N4O. The van der Waals surface area contributed by atoms with Gasteiger partial charge in [0.2, 0.25) is 0 Å². The fraction of sp³-hybridized carbons (Fsp3) is 0.727. The van der Waals surface area contributed by atoms with E-state index in [0.29, 0.717) is 0 Å². The number of rotatable bonds is 4. The molecule has 1 saturated heterocycles. The van der Waals surface area contributed by atoms with Crippen LogP contribution in [-0.2, 0) is 11.3 Å². The molecule has 5 nitrogen and oxygen atoms in total. The first-order valence-corrected chi connectivity index (χ1v) is 5.74. The number of nitrogens with zero attached hydrogens (tertiary/aromatic N) is 3. The van der Waals surface area contributed by atoms with E-state index in [9.17, 15) is 0 Å². The lowest BCUT2D eigenvalue weighted by atomic mass is 10.2. The molecule has 1 N–H and O–H groups in total. The van der Waals surface area contributed by atoms with E-state index in [0.717, 1.165) is 32.8 Å². The minimum atomic E-state index is 0.151. The van der Waals surface area contributed by atoms with Crippen LogP contribution in [0.25, 0.3) is 0 Å². The summed E-state index contributed by atoms with van der Waals surface area (Å²) in [5.41, 5.74) is 1.18. The maximum Gasteiger partial charge on any atom is 0.111 e. The summed E-state index contributed by atoms with van der Waals surface area (Å²) in [6, 6.07) is 0. The number of imidazole rings is 1. The summed E-state index contributed by atoms with van der Waals surface area (Å²) in [6.07, 6.45) is 3.95. The Kier molecular flexibility index (Phi) is 3.93. The lowest BCUT2D eigenvalue weighted by molar-refractivity contribution is 0.0226. The second kappa shape index (κ2) is 5.43. The van der Waals surface area contributed by atoms with Crippen LogP contribution in [0, 0.1) is 0 Å². The Morgan fingerprint density at radius 1 is 1.62 bits per heavy atom. The van der Waals surface area contributed by atoms with Crippen LogP contribution in [0.4, 0.5) is 0 Å². The first-order chi connectivity index (χ1) is 7.77. The third kappa shape index (κ3) is 2.81. The van der Waals surface area contributed by atoms with Gasteiger partial charge in [-0.3, -0.25) is 0 Å². The molecule has 2 heterocycles. The number of nitrogens with one attached hydrogen (secondary N) is 1. The number of ether oxygens (including phenoxy) is 1. The maximum atomic E-state index is 5.73. The van der Waals surface area contributed by atoms with Gasteiger partial charge in [0, 0.05) is 26.2 Å². The summed E-state index contributed by atoms with van der Waals surface area (Å²) < 4.78 is 7.91. The summed E-state index contributed by atoms with van der Waals surface area (Å²) in [5.74, 6) is 0. The fourth-order valence-electron chi connectivity index (χ4n) is 1.85. The van der Waals surface area contributed by atoms with Crippen molar-refractivity contribution in [1.29, 1.82) is 0 Å². The summed E-state index contributed by atoms with van der Waals surface area (Å²) in [6.45, 7) is 4.59. The Balaban J connectivity index is 2.00. The minimum Gasteiger partial charge on any atom is -0.369 e. The van der Waals surface area contributed by atoms with Crippen molar-refractivity contribution in [2.45, 2.75) is 12.6 Å². The van der Waals surface area contributed by atoms with Gasteiger partial charge >= 0.3 is 0 Å². The van der Waals surface area contributed by atoms with Crippen LogP contribution >= 0.6 is 0 Å². The van der Waals surface area contributed by atoms with Crippen LogP contribution in [0.15, 0.2) is 12.5 Å². The smallest absolute Gasteiger partial charge is 0.111 e. The van der Waals surface area contributed by atoms with Crippen LogP contribution in [0.3, 0.4) is 0 Å². The number of morpholine rings is 1. The van der Waals surface area contributed by atoms with Gasteiger partial charge in [-0.15, -0.1) is 0 Å².